The number of rotatable bonds is 1. The van der Waals surface area contributed by atoms with Crippen molar-refractivity contribution in [1.29, 1.82) is 5.26 Å². The lowest BCUT2D eigenvalue weighted by Gasteiger charge is -2.57. The van der Waals surface area contributed by atoms with E-state index in [0.717, 1.165) is 43.9 Å². The molecular formula is C22H29N9. The van der Waals surface area contributed by atoms with Crippen LogP contribution in [-0.4, -0.2) is 40.4 Å². The van der Waals surface area contributed by atoms with E-state index >= 15 is 0 Å². The molecule has 6 rings (SSSR count). The molecule has 3 fully saturated rings. The highest BCUT2D eigenvalue weighted by Gasteiger charge is 2.62. The highest BCUT2D eigenvalue weighted by molar-refractivity contribution is 5.49. The molecule has 9 nitrogen and oxygen atoms in total. The zero-order chi connectivity index (χ0) is 21.4. The summed E-state index contributed by atoms with van der Waals surface area (Å²) in [5, 5.41) is 34.7. The maximum atomic E-state index is 10.1. The van der Waals surface area contributed by atoms with Gasteiger partial charge >= 0.3 is 0 Å². The van der Waals surface area contributed by atoms with Crippen molar-refractivity contribution >= 4 is 6.08 Å². The Kier molecular flexibility index (Phi) is 3.96. The van der Waals surface area contributed by atoms with Gasteiger partial charge in [0, 0.05) is 6.54 Å². The minimum atomic E-state index is -0.0323. The van der Waals surface area contributed by atoms with Gasteiger partial charge in [-0.15, -0.1) is 10.2 Å². The molecule has 9 heteroatoms. The molecule has 162 valence electrons. The van der Waals surface area contributed by atoms with Crippen LogP contribution < -0.4 is 0 Å². The second kappa shape index (κ2) is 6.44. The van der Waals surface area contributed by atoms with Crippen LogP contribution in [0.25, 0.3) is 6.08 Å². The molecule has 4 aliphatic rings. The topological polar surface area (TPSA) is 111 Å². The summed E-state index contributed by atoms with van der Waals surface area (Å²) >= 11 is 0. The number of nitrogens with zero attached hydrogens (tertiary/aromatic N) is 9. The third kappa shape index (κ3) is 2.47. The molecule has 1 aliphatic heterocycles. The average Bonchev–Trinajstić information content (AvgIpc) is 3.43. The van der Waals surface area contributed by atoms with E-state index in [2.05, 4.69) is 57.0 Å². The lowest BCUT2D eigenvalue weighted by Crippen LogP contribution is -2.50. The van der Waals surface area contributed by atoms with Crippen LogP contribution in [0.4, 0.5) is 0 Å². The summed E-state index contributed by atoms with van der Waals surface area (Å²) in [6.45, 7) is 7.70. The Morgan fingerprint density at radius 2 is 1.94 bits per heavy atom. The van der Waals surface area contributed by atoms with E-state index in [4.69, 9.17) is 0 Å². The lowest BCUT2D eigenvalue weighted by molar-refractivity contribution is -0.0490. The highest BCUT2D eigenvalue weighted by atomic mass is 15.6. The zero-order valence-electron chi connectivity index (χ0n) is 18.4. The summed E-state index contributed by atoms with van der Waals surface area (Å²) in [6.07, 6.45) is 8.90. The molecule has 0 spiro atoms. The zero-order valence-corrected chi connectivity index (χ0v) is 18.4. The van der Waals surface area contributed by atoms with Gasteiger partial charge in [-0.3, -0.25) is 0 Å². The number of aromatic nitrogens is 8. The van der Waals surface area contributed by atoms with Gasteiger partial charge < -0.3 is 0 Å². The largest absolute Gasteiger partial charge is 0.226 e. The Hall–Kier alpha value is -2.63. The van der Waals surface area contributed by atoms with Crippen molar-refractivity contribution in [1.82, 2.24) is 40.4 Å². The van der Waals surface area contributed by atoms with E-state index in [1.807, 2.05) is 16.3 Å². The van der Waals surface area contributed by atoms with Crippen LogP contribution >= 0.6 is 0 Å². The van der Waals surface area contributed by atoms with E-state index in [0.29, 0.717) is 17.8 Å². The van der Waals surface area contributed by atoms with E-state index in [1.54, 1.807) is 0 Å². The summed E-state index contributed by atoms with van der Waals surface area (Å²) in [4.78, 5) is 0. The summed E-state index contributed by atoms with van der Waals surface area (Å²) in [6, 6.07) is 2.70. The van der Waals surface area contributed by atoms with Gasteiger partial charge in [0.15, 0.2) is 5.82 Å². The first-order chi connectivity index (χ1) is 15.0. The number of hydrogen-bond donors (Lipinski definition) is 0. The number of allylic oxidation sites excluding steroid dienone is 1. The van der Waals surface area contributed by atoms with Crippen molar-refractivity contribution in [3.05, 3.63) is 17.2 Å². The highest BCUT2D eigenvalue weighted by Crippen LogP contribution is 2.68. The van der Waals surface area contributed by atoms with Crippen LogP contribution in [0, 0.1) is 52.8 Å². The van der Waals surface area contributed by atoms with Gasteiger partial charge in [-0.05, 0) is 101 Å². The first kappa shape index (κ1) is 19.1. The van der Waals surface area contributed by atoms with Gasteiger partial charge in [0.1, 0.15) is 5.82 Å². The quantitative estimate of drug-likeness (QED) is 0.698. The van der Waals surface area contributed by atoms with Crippen molar-refractivity contribution in [3.8, 4) is 6.07 Å². The molecule has 0 bridgehead atoms. The monoisotopic (exact) mass is 419 g/mol. The van der Waals surface area contributed by atoms with Gasteiger partial charge in [0.25, 0.3) is 0 Å². The minimum Gasteiger partial charge on any atom is -0.226 e. The average molecular weight is 420 g/mol. The molecule has 3 unspecified atom stereocenters. The maximum absolute atomic E-state index is 10.1. The maximum Gasteiger partial charge on any atom is 0.174 e. The summed E-state index contributed by atoms with van der Waals surface area (Å²) < 4.78 is 3.91. The Balaban J connectivity index is 1.37. The molecule has 0 aromatic carbocycles. The minimum absolute atomic E-state index is 0.0323. The smallest absolute Gasteiger partial charge is 0.174 e. The Morgan fingerprint density at radius 3 is 2.71 bits per heavy atom. The molecule has 0 radical (unpaired) electrons. The SMILES string of the molecule is Cc1nnnn1[C@H]1C(C#N)CC2[C@@H]3CCC4=Cc5nnnn5CC[C@]4(C)C3CC[C@@]21C. The first-order valence-electron chi connectivity index (χ1n) is 11.6. The standard InChI is InChI=1S/C22H29N9/c1-13-24-26-29-31(13)20-14(12-23)10-18-16-5-4-15-11-19-25-27-28-30(19)9-8-21(15,2)17(16)6-7-22(18,20)3/h11,14,16-18,20H,4-10H2,1-3H3/t14?,16-,17?,18?,20+,21+,22+/m1/s1. The Morgan fingerprint density at radius 1 is 1.10 bits per heavy atom. The fourth-order valence-electron chi connectivity index (χ4n) is 7.97. The van der Waals surface area contributed by atoms with Crippen LogP contribution in [0.15, 0.2) is 5.57 Å². The van der Waals surface area contributed by atoms with Gasteiger partial charge in [0.2, 0.25) is 0 Å². The third-order valence-corrected chi connectivity index (χ3v) is 9.53. The van der Waals surface area contributed by atoms with E-state index < -0.39 is 0 Å². The van der Waals surface area contributed by atoms with Crippen LogP contribution in [0.2, 0.25) is 0 Å². The Labute approximate surface area is 181 Å². The fraction of sp³-hybridized carbons (Fsp3) is 0.773. The molecule has 3 saturated carbocycles. The predicted molar refractivity (Wildman–Crippen MR) is 111 cm³/mol. The third-order valence-electron chi connectivity index (χ3n) is 9.53. The molecule has 31 heavy (non-hydrogen) atoms. The lowest BCUT2D eigenvalue weighted by atomic mass is 9.48. The molecule has 0 N–H and O–H groups in total. The predicted octanol–water partition coefficient (Wildman–Crippen LogP) is 2.99. The van der Waals surface area contributed by atoms with Crippen molar-refractivity contribution < 1.29 is 0 Å². The van der Waals surface area contributed by atoms with Gasteiger partial charge in [0.05, 0.1) is 18.0 Å². The van der Waals surface area contributed by atoms with Crippen molar-refractivity contribution in [2.75, 3.05) is 0 Å². The summed E-state index contributed by atoms with van der Waals surface area (Å²) in [7, 11) is 0. The molecule has 7 atom stereocenters. The number of tetrazole rings is 2. The second-order valence-corrected chi connectivity index (χ2v) is 10.6. The van der Waals surface area contributed by atoms with Crippen molar-refractivity contribution in [2.45, 2.75) is 71.9 Å². The molecule has 3 aliphatic carbocycles. The number of aryl methyl sites for hydroxylation is 2. The number of hydrogen-bond acceptors (Lipinski definition) is 7. The van der Waals surface area contributed by atoms with Crippen molar-refractivity contribution in [3.63, 3.8) is 0 Å². The molecule has 2 aromatic rings. The number of fused-ring (bicyclic) bond motifs is 6. The number of nitriles is 1. The summed E-state index contributed by atoms with van der Waals surface area (Å²) in [5.74, 6) is 3.48. The molecular weight excluding hydrogens is 390 g/mol. The van der Waals surface area contributed by atoms with Gasteiger partial charge in [-0.2, -0.15) is 5.26 Å². The van der Waals surface area contributed by atoms with E-state index in [9.17, 15) is 5.26 Å². The van der Waals surface area contributed by atoms with Crippen molar-refractivity contribution in [2.24, 2.45) is 34.5 Å². The van der Waals surface area contributed by atoms with Gasteiger partial charge in [-0.1, -0.05) is 19.4 Å². The van der Waals surface area contributed by atoms with Crippen LogP contribution in [0.3, 0.4) is 0 Å². The second-order valence-electron chi connectivity index (χ2n) is 10.6. The Bertz CT molecular complexity index is 1090. The molecule has 0 saturated heterocycles. The van der Waals surface area contributed by atoms with Gasteiger partial charge in [-0.25, -0.2) is 9.36 Å². The molecule has 3 heterocycles. The molecule has 2 aromatic heterocycles. The first-order valence-corrected chi connectivity index (χ1v) is 11.6. The molecule has 0 amide bonds. The normalized spacial score (nSPS) is 41.2. The van der Waals surface area contributed by atoms with E-state index in [-0.39, 0.29) is 22.8 Å². The van der Waals surface area contributed by atoms with Crippen LogP contribution in [0.5, 0.6) is 0 Å². The van der Waals surface area contributed by atoms with E-state index in [1.165, 1.54) is 18.4 Å². The summed E-state index contributed by atoms with van der Waals surface area (Å²) in [5.41, 5.74) is 1.74. The van der Waals surface area contributed by atoms with Crippen LogP contribution in [0.1, 0.15) is 70.1 Å². The fourth-order valence-corrected chi connectivity index (χ4v) is 7.97. The van der Waals surface area contributed by atoms with Crippen LogP contribution in [-0.2, 0) is 6.54 Å².